The first kappa shape index (κ1) is 17.4. The minimum Gasteiger partial charge on any atom is -0.379 e. The predicted molar refractivity (Wildman–Crippen MR) is 92.1 cm³/mol. The van der Waals surface area contributed by atoms with E-state index in [1.807, 2.05) is 32.0 Å². The average Bonchev–Trinajstić information content (AvgIpc) is 2.55. The Labute approximate surface area is 140 Å². The number of nitrogens with one attached hydrogen (secondary N) is 2. The molecule has 0 aliphatic heterocycles. The molecular formula is C17H20N4O3. The first-order valence-electron chi connectivity index (χ1n) is 7.70. The number of benzene rings is 1. The maximum absolute atomic E-state index is 12.0. The highest BCUT2D eigenvalue weighted by molar-refractivity contribution is 5.95. The number of nitro benzene ring substituents is 1. The van der Waals surface area contributed by atoms with Gasteiger partial charge in [0.2, 0.25) is 0 Å². The summed E-state index contributed by atoms with van der Waals surface area (Å²) in [5, 5.41) is 17.0. The minimum absolute atomic E-state index is 0.0345. The van der Waals surface area contributed by atoms with Crippen LogP contribution in [0.5, 0.6) is 0 Å². The van der Waals surface area contributed by atoms with Crippen molar-refractivity contribution in [3.8, 4) is 0 Å². The number of nitrogens with zero attached hydrogens (tertiary/aromatic N) is 2. The first-order valence-corrected chi connectivity index (χ1v) is 7.70. The monoisotopic (exact) mass is 328 g/mol. The van der Waals surface area contributed by atoms with Gasteiger partial charge in [0, 0.05) is 42.5 Å². The molecule has 2 rings (SSSR count). The lowest BCUT2D eigenvalue weighted by Crippen LogP contribution is -2.30. The molecule has 0 aliphatic carbocycles. The van der Waals surface area contributed by atoms with E-state index in [-0.39, 0.29) is 23.2 Å². The van der Waals surface area contributed by atoms with Crippen LogP contribution >= 0.6 is 0 Å². The molecule has 0 fully saturated rings. The van der Waals surface area contributed by atoms with Crippen LogP contribution in [0.3, 0.4) is 0 Å². The van der Waals surface area contributed by atoms with Crippen molar-refractivity contribution in [1.29, 1.82) is 0 Å². The molecule has 0 unspecified atom stereocenters. The van der Waals surface area contributed by atoms with E-state index >= 15 is 0 Å². The number of pyridine rings is 1. The van der Waals surface area contributed by atoms with E-state index in [1.54, 1.807) is 18.3 Å². The van der Waals surface area contributed by atoms with Crippen molar-refractivity contribution >= 4 is 17.3 Å². The molecule has 1 aromatic heterocycles. The van der Waals surface area contributed by atoms with Crippen LogP contribution in [0.25, 0.3) is 0 Å². The average molecular weight is 328 g/mol. The lowest BCUT2D eigenvalue weighted by molar-refractivity contribution is -0.384. The Morgan fingerprint density at radius 2 is 2.08 bits per heavy atom. The van der Waals surface area contributed by atoms with Gasteiger partial charge in [-0.05, 0) is 38.1 Å². The molecule has 7 nitrogen and oxygen atoms in total. The molecule has 2 N–H and O–H groups in total. The van der Waals surface area contributed by atoms with Crippen molar-refractivity contribution in [1.82, 2.24) is 10.3 Å². The fraction of sp³-hybridized carbons (Fsp3) is 0.294. The van der Waals surface area contributed by atoms with Gasteiger partial charge >= 0.3 is 0 Å². The summed E-state index contributed by atoms with van der Waals surface area (Å²) >= 11 is 0. The van der Waals surface area contributed by atoms with Crippen molar-refractivity contribution in [2.45, 2.75) is 26.3 Å². The standard InChI is InChI=1S/C17H20N4O3/c1-12(2)20-17(22)13-6-7-15(16(11-13)21(23)24)19-10-8-14-5-3-4-9-18-14/h3-7,9,11-12,19H,8,10H2,1-2H3,(H,20,22). The molecule has 0 radical (unpaired) electrons. The Bertz CT molecular complexity index is 717. The third kappa shape index (κ3) is 4.77. The second-order valence-electron chi connectivity index (χ2n) is 5.62. The second-order valence-corrected chi connectivity index (χ2v) is 5.62. The van der Waals surface area contributed by atoms with Gasteiger partial charge < -0.3 is 10.6 Å². The van der Waals surface area contributed by atoms with Crippen LogP contribution in [-0.4, -0.2) is 28.4 Å². The van der Waals surface area contributed by atoms with Crippen molar-refractivity contribution in [3.05, 3.63) is 64.0 Å². The molecule has 0 bridgehead atoms. The number of hydrogen-bond donors (Lipinski definition) is 2. The van der Waals surface area contributed by atoms with Gasteiger partial charge in [0.1, 0.15) is 5.69 Å². The zero-order valence-corrected chi connectivity index (χ0v) is 13.7. The highest BCUT2D eigenvalue weighted by Gasteiger charge is 2.17. The molecule has 2 aromatic rings. The number of hydrogen-bond acceptors (Lipinski definition) is 5. The second kappa shape index (κ2) is 8.05. The van der Waals surface area contributed by atoms with Gasteiger partial charge in [-0.25, -0.2) is 0 Å². The minimum atomic E-state index is -0.491. The van der Waals surface area contributed by atoms with E-state index in [2.05, 4.69) is 15.6 Å². The van der Waals surface area contributed by atoms with E-state index in [1.165, 1.54) is 6.07 Å². The quantitative estimate of drug-likeness (QED) is 0.601. The van der Waals surface area contributed by atoms with Gasteiger partial charge in [0.25, 0.3) is 11.6 Å². The van der Waals surface area contributed by atoms with Gasteiger partial charge in [0.05, 0.1) is 4.92 Å². The van der Waals surface area contributed by atoms with Crippen LogP contribution in [0.1, 0.15) is 29.9 Å². The zero-order chi connectivity index (χ0) is 17.5. The number of nitro groups is 1. The van der Waals surface area contributed by atoms with Gasteiger partial charge in [-0.2, -0.15) is 0 Å². The number of anilines is 1. The normalized spacial score (nSPS) is 10.5. The SMILES string of the molecule is CC(C)NC(=O)c1ccc(NCCc2ccccn2)c([N+](=O)[O-])c1. The molecule has 126 valence electrons. The van der Waals surface area contributed by atoms with Crippen LogP contribution in [0, 0.1) is 10.1 Å². The van der Waals surface area contributed by atoms with Gasteiger partial charge in [0.15, 0.2) is 0 Å². The van der Waals surface area contributed by atoms with Crippen molar-refractivity contribution in [2.75, 3.05) is 11.9 Å². The molecule has 0 atom stereocenters. The molecule has 0 aliphatic rings. The Morgan fingerprint density at radius 3 is 2.71 bits per heavy atom. The van der Waals surface area contributed by atoms with E-state index in [0.29, 0.717) is 18.7 Å². The number of amides is 1. The third-order valence-electron chi connectivity index (χ3n) is 3.30. The van der Waals surface area contributed by atoms with E-state index < -0.39 is 4.92 Å². The highest BCUT2D eigenvalue weighted by Crippen LogP contribution is 2.25. The zero-order valence-electron chi connectivity index (χ0n) is 13.7. The number of carbonyl (C=O) groups excluding carboxylic acids is 1. The Balaban J connectivity index is 2.09. The van der Waals surface area contributed by atoms with Crippen LogP contribution < -0.4 is 10.6 Å². The van der Waals surface area contributed by atoms with Crippen molar-refractivity contribution in [3.63, 3.8) is 0 Å². The van der Waals surface area contributed by atoms with Crippen molar-refractivity contribution < 1.29 is 9.72 Å². The maximum Gasteiger partial charge on any atom is 0.293 e. The Kier molecular flexibility index (Phi) is 5.83. The molecule has 1 amide bonds. The lowest BCUT2D eigenvalue weighted by Gasteiger charge is -2.10. The molecule has 24 heavy (non-hydrogen) atoms. The van der Waals surface area contributed by atoms with Gasteiger partial charge in [-0.3, -0.25) is 19.9 Å². The summed E-state index contributed by atoms with van der Waals surface area (Å²) in [6.07, 6.45) is 2.35. The van der Waals surface area contributed by atoms with Crippen molar-refractivity contribution in [2.24, 2.45) is 0 Å². The smallest absolute Gasteiger partial charge is 0.293 e. The van der Waals surface area contributed by atoms with Crippen LogP contribution in [0.4, 0.5) is 11.4 Å². The molecule has 1 heterocycles. The van der Waals surface area contributed by atoms with Crippen LogP contribution in [0.15, 0.2) is 42.6 Å². The molecule has 0 spiro atoms. The fourth-order valence-corrected chi connectivity index (χ4v) is 2.19. The molecule has 0 saturated carbocycles. The summed E-state index contributed by atoms with van der Waals surface area (Å²) in [6.45, 7) is 4.18. The topological polar surface area (TPSA) is 97.2 Å². The number of aromatic nitrogens is 1. The molecular weight excluding hydrogens is 308 g/mol. The van der Waals surface area contributed by atoms with E-state index in [0.717, 1.165) is 5.69 Å². The largest absolute Gasteiger partial charge is 0.379 e. The maximum atomic E-state index is 12.0. The van der Waals surface area contributed by atoms with Crippen LogP contribution in [-0.2, 0) is 6.42 Å². The van der Waals surface area contributed by atoms with Gasteiger partial charge in [-0.15, -0.1) is 0 Å². The van der Waals surface area contributed by atoms with Crippen LogP contribution in [0.2, 0.25) is 0 Å². The Hall–Kier alpha value is -2.96. The lowest BCUT2D eigenvalue weighted by atomic mass is 10.1. The first-order chi connectivity index (χ1) is 11.5. The third-order valence-corrected chi connectivity index (χ3v) is 3.30. The number of carbonyl (C=O) groups is 1. The molecule has 7 heteroatoms. The number of rotatable bonds is 7. The predicted octanol–water partition coefficient (Wildman–Crippen LogP) is 2.78. The van der Waals surface area contributed by atoms with E-state index in [4.69, 9.17) is 0 Å². The molecule has 0 saturated heterocycles. The van der Waals surface area contributed by atoms with E-state index in [9.17, 15) is 14.9 Å². The summed E-state index contributed by atoms with van der Waals surface area (Å²) < 4.78 is 0. The highest BCUT2D eigenvalue weighted by atomic mass is 16.6. The summed E-state index contributed by atoms with van der Waals surface area (Å²) in [7, 11) is 0. The molecule has 1 aromatic carbocycles. The fourth-order valence-electron chi connectivity index (χ4n) is 2.19. The summed E-state index contributed by atoms with van der Waals surface area (Å²) in [5.74, 6) is -0.326. The summed E-state index contributed by atoms with van der Waals surface area (Å²) in [6, 6.07) is 10.0. The Morgan fingerprint density at radius 1 is 1.29 bits per heavy atom. The summed E-state index contributed by atoms with van der Waals surface area (Å²) in [4.78, 5) is 27.0. The van der Waals surface area contributed by atoms with Gasteiger partial charge in [-0.1, -0.05) is 6.07 Å². The summed E-state index contributed by atoms with van der Waals surface area (Å²) in [5.41, 5.74) is 1.44.